The van der Waals surface area contributed by atoms with Gasteiger partial charge in [-0.1, -0.05) is 24.6 Å². The molecule has 0 bridgehead atoms. The van der Waals surface area contributed by atoms with E-state index in [0.29, 0.717) is 36.5 Å². The Bertz CT molecular complexity index is 734. The molecule has 1 aromatic carbocycles. The molecule has 3 amide bonds. The average Bonchev–Trinajstić information content (AvgIpc) is 2.69. The fourth-order valence-electron chi connectivity index (χ4n) is 3.88. The zero-order valence-corrected chi connectivity index (χ0v) is 17.9. The third-order valence-electron chi connectivity index (χ3n) is 5.30. The molecule has 2 aliphatic rings. The molecule has 3 N–H and O–H groups in total. The lowest BCUT2D eigenvalue weighted by molar-refractivity contribution is -0.149. The monoisotopic (exact) mass is 439 g/mol. The van der Waals surface area contributed by atoms with Gasteiger partial charge in [0.25, 0.3) is 0 Å². The number of halogens is 1. The van der Waals surface area contributed by atoms with E-state index in [1.165, 1.54) is 0 Å². The fraction of sp³-hybridized carbons (Fsp3) is 0.619. The highest BCUT2D eigenvalue weighted by molar-refractivity contribution is 6.30. The zero-order valence-electron chi connectivity index (χ0n) is 17.2. The van der Waals surface area contributed by atoms with Crippen LogP contribution in [0.4, 0.5) is 10.5 Å². The highest BCUT2D eigenvalue weighted by Gasteiger charge is 2.40. The van der Waals surface area contributed by atoms with Crippen LogP contribution in [0.1, 0.15) is 32.6 Å². The van der Waals surface area contributed by atoms with Crippen molar-refractivity contribution in [1.29, 1.82) is 0 Å². The third-order valence-corrected chi connectivity index (χ3v) is 5.54. The van der Waals surface area contributed by atoms with Crippen molar-refractivity contribution in [3.05, 3.63) is 29.3 Å². The molecule has 0 unspecified atom stereocenters. The van der Waals surface area contributed by atoms with Crippen molar-refractivity contribution in [3.63, 3.8) is 0 Å². The molecule has 1 aromatic rings. The molecule has 166 valence electrons. The van der Waals surface area contributed by atoms with Crippen LogP contribution in [-0.2, 0) is 14.3 Å². The Hall–Kier alpha value is -1.87. The van der Waals surface area contributed by atoms with Crippen LogP contribution in [0.25, 0.3) is 0 Å². The first-order valence-electron chi connectivity index (χ1n) is 10.5. The summed E-state index contributed by atoms with van der Waals surface area (Å²) in [6.07, 6.45) is 1.13. The number of fused-ring (bicyclic) bond motifs is 1. The van der Waals surface area contributed by atoms with Gasteiger partial charge in [-0.25, -0.2) is 4.79 Å². The van der Waals surface area contributed by atoms with E-state index in [4.69, 9.17) is 21.1 Å². The summed E-state index contributed by atoms with van der Waals surface area (Å²) in [5.74, 6) is -0.0296. The summed E-state index contributed by atoms with van der Waals surface area (Å²) in [5.41, 5.74) is 0.582. The lowest BCUT2D eigenvalue weighted by Gasteiger charge is -2.44. The molecule has 9 heteroatoms. The fourth-order valence-corrected chi connectivity index (χ4v) is 4.07. The molecule has 30 heavy (non-hydrogen) atoms. The van der Waals surface area contributed by atoms with E-state index in [0.717, 1.165) is 6.42 Å². The molecule has 2 aliphatic heterocycles. The molecular formula is C21H30ClN3O5. The first kappa shape index (κ1) is 22.8. The number of anilines is 1. The van der Waals surface area contributed by atoms with Crippen molar-refractivity contribution in [2.75, 3.05) is 31.6 Å². The highest BCUT2D eigenvalue weighted by Crippen LogP contribution is 2.28. The molecule has 3 rings (SSSR count). The molecule has 8 nitrogen and oxygen atoms in total. The van der Waals surface area contributed by atoms with Gasteiger partial charge in [-0.15, -0.1) is 0 Å². The largest absolute Gasteiger partial charge is 0.389 e. The van der Waals surface area contributed by atoms with Crippen molar-refractivity contribution in [1.82, 2.24) is 10.2 Å². The van der Waals surface area contributed by atoms with Gasteiger partial charge >= 0.3 is 6.03 Å². The van der Waals surface area contributed by atoms with Crippen LogP contribution in [0.2, 0.25) is 5.02 Å². The predicted molar refractivity (Wildman–Crippen MR) is 114 cm³/mol. The summed E-state index contributed by atoms with van der Waals surface area (Å²) in [4.78, 5) is 26.7. The molecule has 0 saturated carbocycles. The Morgan fingerprint density at radius 1 is 1.30 bits per heavy atom. The molecule has 0 spiro atoms. The Balaban J connectivity index is 1.67. The minimum atomic E-state index is -0.784. The van der Waals surface area contributed by atoms with Gasteiger partial charge in [0.05, 0.1) is 44.4 Å². The number of benzene rings is 1. The second kappa shape index (κ2) is 10.9. The van der Waals surface area contributed by atoms with Crippen LogP contribution >= 0.6 is 11.6 Å². The number of hydrogen-bond acceptors (Lipinski definition) is 5. The number of aliphatic hydroxyl groups excluding tert-OH is 1. The van der Waals surface area contributed by atoms with Gasteiger partial charge in [0.15, 0.2) is 0 Å². The molecule has 2 fully saturated rings. The van der Waals surface area contributed by atoms with Crippen LogP contribution in [0.3, 0.4) is 0 Å². The Morgan fingerprint density at radius 3 is 2.90 bits per heavy atom. The smallest absolute Gasteiger partial charge is 0.322 e. The van der Waals surface area contributed by atoms with Crippen molar-refractivity contribution in [2.45, 2.75) is 57.0 Å². The Morgan fingerprint density at radius 2 is 2.13 bits per heavy atom. The van der Waals surface area contributed by atoms with Gasteiger partial charge in [0, 0.05) is 17.3 Å². The maximum Gasteiger partial charge on any atom is 0.322 e. The van der Waals surface area contributed by atoms with E-state index in [1.807, 2.05) is 6.92 Å². The van der Waals surface area contributed by atoms with Gasteiger partial charge in [0.1, 0.15) is 6.10 Å². The van der Waals surface area contributed by atoms with Gasteiger partial charge in [-0.2, -0.15) is 0 Å². The van der Waals surface area contributed by atoms with E-state index < -0.39 is 6.10 Å². The number of aliphatic hydroxyl groups is 1. The quantitative estimate of drug-likeness (QED) is 0.654. The zero-order chi connectivity index (χ0) is 21.5. The van der Waals surface area contributed by atoms with Gasteiger partial charge in [0.2, 0.25) is 5.91 Å². The third kappa shape index (κ3) is 6.31. The minimum absolute atomic E-state index is 0.0296. The number of nitrogens with zero attached hydrogens (tertiary/aromatic N) is 1. The normalized spacial score (nSPS) is 26.8. The van der Waals surface area contributed by atoms with E-state index in [2.05, 4.69) is 10.6 Å². The summed E-state index contributed by atoms with van der Waals surface area (Å²) in [6, 6.07) is 6.34. The highest BCUT2D eigenvalue weighted by atomic mass is 35.5. The number of urea groups is 1. The number of carbonyl (C=O) groups excluding carboxylic acids is 2. The lowest BCUT2D eigenvalue weighted by Crippen LogP contribution is -2.58. The second-order valence-electron chi connectivity index (χ2n) is 7.78. The first-order chi connectivity index (χ1) is 14.5. The van der Waals surface area contributed by atoms with E-state index in [9.17, 15) is 14.7 Å². The van der Waals surface area contributed by atoms with Crippen LogP contribution in [-0.4, -0.2) is 72.6 Å². The number of β-amino-alcohol motifs (C(OH)–C–C–N with tert-alkyl or cyclic N) is 1. The van der Waals surface area contributed by atoms with Crippen molar-refractivity contribution in [2.24, 2.45) is 0 Å². The topological polar surface area (TPSA) is 100 Å². The molecule has 4 atom stereocenters. The number of ether oxygens (including phenoxy) is 2. The number of amides is 3. The maximum atomic E-state index is 13.0. The second-order valence-corrected chi connectivity index (χ2v) is 8.22. The van der Waals surface area contributed by atoms with Crippen molar-refractivity contribution < 1.29 is 24.2 Å². The van der Waals surface area contributed by atoms with Crippen LogP contribution in [0.15, 0.2) is 24.3 Å². The van der Waals surface area contributed by atoms with Crippen LogP contribution in [0, 0.1) is 0 Å². The SMILES string of the molecule is CCCNC(=O)C[C@H]1CC[C@@H]2[C@H](COC[C@H](O)CN2C(=O)Nc2cccc(Cl)c2)O1. The predicted octanol–water partition coefficient (Wildman–Crippen LogP) is 2.40. The van der Waals surface area contributed by atoms with Crippen LogP contribution in [0.5, 0.6) is 0 Å². The number of rotatable bonds is 5. The first-order valence-corrected chi connectivity index (χ1v) is 10.8. The van der Waals surface area contributed by atoms with Crippen LogP contribution < -0.4 is 10.6 Å². The van der Waals surface area contributed by atoms with E-state index in [-0.39, 0.29) is 49.9 Å². The molecular weight excluding hydrogens is 410 g/mol. The lowest BCUT2D eigenvalue weighted by atomic mass is 9.95. The molecule has 2 saturated heterocycles. The number of nitrogens with one attached hydrogen (secondary N) is 2. The standard InChI is InChI=1S/C21H30ClN3O5/c1-2-8-23-20(27)10-17-6-7-18-19(30-17)13-29-12-16(26)11-25(18)21(28)24-15-5-3-4-14(22)9-15/h3-5,9,16-19,26H,2,6-8,10-13H2,1H3,(H,23,27)(H,24,28)/t16-,17-,18-,19+/m1/s1. The van der Waals surface area contributed by atoms with Gasteiger partial charge in [-0.05, 0) is 37.5 Å². The van der Waals surface area contributed by atoms with Gasteiger partial charge < -0.3 is 30.1 Å². The van der Waals surface area contributed by atoms with Crippen molar-refractivity contribution >= 4 is 29.2 Å². The van der Waals surface area contributed by atoms with Gasteiger partial charge in [-0.3, -0.25) is 4.79 Å². The molecule has 0 aliphatic carbocycles. The number of hydrogen-bond donors (Lipinski definition) is 3. The summed E-state index contributed by atoms with van der Waals surface area (Å²) in [5, 5.41) is 16.5. The van der Waals surface area contributed by atoms with Crippen molar-refractivity contribution in [3.8, 4) is 0 Å². The van der Waals surface area contributed by atoms with E-state index >= 15 is 0 Å². The average molecular weight is 440 g/mol. The van der Waals surface area contributed by atoms with E-state index in [1.54, 1.807) is 29.2 Å². The number of carbonyl (C=O) groups is 2. The molecule has 2 heterocycles. The Labute approximate surface area is 181 Å². The Kier molecular flexibility index (Phi) is 8.32. The minimum Gasteiger partial charge on any atom is -0.389 e. The summed E-state index contributed by atoms with van der Waals surface area (Å²) in [7, 11) is 0. The molecule has 0 radical (unpaired) electrons. The summed E-state index contributed by atoms with van der Waals surface area (Å²) in [6.45, 7) is 3.17. The molecule has 0 aromatic heterocycles. The maximum absolute atomic E-state index is 13.0. The summed E-state index contributed by atoms with van der Waals surface area (Å²) < 4.78 is 11.7. The summed E-state index contributed by atoms with van der Waals surface area (Å²) >= 11 is 6.01.